The van der Waals surface area contributed by atoms with E-state index in [-0.39, 0.29) is 11.9 Å². The number of benzene rings is 3. The minimum atomic E-state index is -0.376. The van der Waals surface area contributed by atoms with Crippen molar-refractivity contribution in [2.24, 2.45) is 7.05 Å². The predicted molar refractivity (Wildman–Crippen MR) is 152 cm³/mol. The average molecular weight is 525 g/mol. The number of esters is 1. The molecule has 5 rings (SSSR count). The van der Waals surface area contributed by atoms with E-state index in [2.05, 4.69) is 29.7 Å². The Bertz CT molecular complexity index is 1600. The number of carbonyl (C=O) groups is 2. The molecule has 0 atom stereocenters. The summed E-state index contributed by atoms with van der Waals surface area (Å²) in [5.41, 5.74) is 7.79. The van der Waals surface area contributed by atoms with E-state index in [1.165, 1.54) is 12.7 Å². The summed E-state index contributed by atoms with van der Waals surface area (Å²) in [6, 6.07) is 17.6. The van der Waals surface area contributed by atoms with Crippen molar-refractivity contribution < 1.29 is 23.8 Å². The predicted octanol–water partition coefficient (Wildman–Crippen LogP) is 5.56. The van der Waals surface area contributed by atoms with E-state index in [4.69, 9.17) is 14.2 Å². The molecule has 3 aromatic carbocycles. The molecule has 1 aromatic heterocycles. The second kappa shape index (κ2) is 10.7. The van der Waals surface area contributed by atoms with Gasteiger partial charge in [0.05, 0.1) is 32.6 Å². The van der Waals surface area contributed by atoms with Gasteiger partial charge in [0.1, 0.15) is 0 Å². The monoisotopic (exact) mass is 524 g/mol. The van der Waals surface area contributed by atoms with Crippen LogP contribution in [0.2, 0.25) is 0 Å². The largest absolute Gasteiger partial charge is 0.493 e. The standard InChI is InChI=1S/C32H32N2O5/c1-20-6-12-27-26(16-20)25(31(33(27)2)21-7-9-22(10-8-21)32(36)39-5)11-13-30(35)34-15-14-23-17-28(37-3)29(38-4)18-24(23)19-34/h6-13,16-18H,14-15,19H2,1-5H3/b13-11+. The highest BCUT2D eigenvalue weighted by atomic mass is 16.5. The van der Waals surface area contributed by atoms with Crippen LogP contribution in [0.15, 0.2) is 60.7 Å². The first-order valence-electron chi connectivity index (χ1n) is 12.8. The summed E-state index contributed by atoms with van der Waals surface area (Å²) >= 11 is 0. The van der Waals surface area contributed by atoms with Gasteiger partial charge < -0.3 is 23.7 Å². The van der Waals surface area contributed by atoms with Crippen molar-refractivity contribution in [2.75, 3.05) is 27.9 Å². The number of ether oxygens (including phenoxy) is 3. The number of nitrogens with zero attached hydrogens (tertiary/aromatic N) is 2. The Morgan fingerprint density at radius 3 is 2.26 bits per heavy atom. The van der Waals surface area contributed by atoms with Gasteiger partial charge in [0.25, 0.3) is 0 Å². The maximum atomic E-state index is 13.4. The lowest BCUT2D eigenvalue weighted by atomic mass is 9.98. The second-order valence-corrected chi connectivity index (χ2v) is 9.73. The number of hydrogen-bond acceptors (Lipinski definition) is 5. The molecule has 0 saturated carbocycles. The van der Waals surface area contributed by atoms with Crippen molar-refractivity contribution in [2.45, 2.75) is 19.9 Å². The molecular formula is C32H32N2O5. The highest BCUT2D eigenvalue weighted by Crippen LogP contribution is 2.36. The van der Waals surface area contributed by atoms with Gasteiger partial charge in [-0.2, -0.15) is 0 Å². The average Bonchev–Trinajstić information content (AvgIpc) is 3.24. The molecule has 200 valence electrons. The van der Waals surface area contributed by atoms with E-state index in [0.29, 0.717) is 30.2 Å². The topological polar surface area (TPSA) is 70.0 Å². The van der Waals surface area contributed by atoms with E-state index in [0.717, 1.165) is 45.3 Å². The second-order valence-electron chi connectivity index (χ2n) is 9.73. The summed E-state index contributed by atoms with van der Waals surface area (Å²) in [4.78, 5) is 27.2. The zero-order valence-corrected chi connectivity index (χ0v) is 22.9. The van der Waals surface area contributed by atoms with Gasteiger partial charge in [-0.05, 0) is 72.5 Å². The molecule has 1 amide bonds. The van der Waals surface area contributed by atoms with Crippen molar-refractivity contribution in [1.82, 2.24) is 9.47 Å². The molecule has 0 saturated heterocycles. The SMILES string of the molecule is COC(=O)c1ccc(-c2c(/C=C/C(=O)N3CCc4cc(OC)c(OC)cc4C3)c3cc(C)ccc3n2C)cc1. The summed E-state index contributed by atoms with van der Waals surface area (Å²) in [7, 11) is 6.63. The van der Waals surface area contributed by atoms with Crippen LogP contribution >= 0.6 is 0 Å². The minimum Gasteiger partial charge on any atom is -0.493 e. The third-order valence-corrected chi connectivity index (χ3v) is 7.40. The maximum absolute atomic E-state index is 13.4. The van der Waals surface area contributed by atoms with Gasteiger partial charge in [0.2, 0.25) is 5.91 Å². The molecule has 0 aliphatic carbocycles. The number of aryl methyl sites for hydroxylation is 2. The lowest BCUT2D eigenvalue weighted by Gasteiger charge is -2.28. The van der Waals surface area contributed by atoms with E-state index in [9.17, 15) is 9.59 Å². The number of rotatable bonds is 6. The van der Waals surface area contributed by atoms with E-state index >= 15 is 0 Å². The number of carbonyl (C=O) groups excluding carboxylic acids is 2. The molecule has 7 nitrogen and oxygen atoms in total. The van der Waals surface area contributed by atoms with Crippen molar-refractivity contribution in [3.63, 3.8) is 0 Å². The van der Waals surface area contributed by atoms with Crippen LogP contribution in [0.25, 0.3) is 28.2 Å². The highest BCUT2D eigenvalue weighted by Gasteiger charge is 2.22. The van der Waals surface area contributed by atoms with Crippen molar-refractivity contribution in [3.8, 4) is 22.8 Å². The fraction of sp³-hybridized carbons (Fsp3) is 0.250. The number of hydrogen-bond donors (Lipinski definition) is 0. The summed E-state index contributed by atoms with van der Waals surface area (Å²) in [5.74, 6) is 0.940. The molecule has 0 unspecified atom stereocenters. The lowest BCUT2D eigenvalue weighted by molar-refractivity contribution is -0.126. The quantitative estimate of drug-likeness (QED) is 0.244. The summed E-state index contributed by atoms with van der Waals surface area (Å²) < 4.78 is 17.9. The summed E-state index contributed by atoms with van der Waals surface area (Å²) in [6.45, 7) is 3.20. The van der Waals surface area contributed by atoms with Crippen molar-refractivity contribution in [1.29, 1.82) is 0 Å². The normalized spacial score (nSPS) is 13.0. The summed E-state index contributed by atoms with van der Waals surface area (Å²) in [5, 5.41) is 1.06. The zero-order valence-electron chi connectivity index (χ0n) is 22.9. The smallest absolute Gasteiger partial charge is 0.337 e. The minimum absolute atomic E-state index is 0.0490. The van der Waals surface area contributed by atoms with Crippen LogP contribution < -0.4 is 9.47 Å². The van der Waals surface area contributed by atoms with Gasteiger partial charge in [-0.15, -0.1) is 0 Å². The van der Waals surface area contributed by atoms with Gasteiger partial charge in [0, 0.05) is 42.7 Å². The van der Waals surface area contributed by atoms with Crippen LogP contribution in [0.1, 0.15) is 32.6 Å². The van der Waals surface area contributed by atoms with E-state index in [1.54, 1.807) is 32.4 Å². The van der Waals surface area contributed by atoms with E-state index < -0.39 is 0 Å². The number of aromatic nitrogens is 1. The van der Waals surface area contributed by atoms with Crippen LogP contribution in [0.5, 0.6) is 11.5 Å². The highest BCUT2D eigenvalue weighted by molar-refractivity contribution is 6.02. The summed E-state index contributed by atoms with van der Waals surface area (Å²) in [6.07, 6.45) is 4.33. The molecule has 2 heterocycles. The van der Waals surface area contributed by atoms with Gasteiger partial charge in [-0.1, -0.05) is 23.8 Å². The van der Waals surface area contributed by atoms with Crippen LogP contribution in [-0.4, -0.2) is 49.2 Å². The maximum Gasteiger partial charge on any atom is 0.337 e. The Morgan fingerprint density at radius 1 is 0.897 bits per heavy atom. The molecule has 7 heteroatoms. The zero-order chi connectivity index (χ0) is 27.7. The van der Waals surface area contributed by atoms with Crippen molar-refractivity contribution in [3.05, 3.63) is 88.5 Å². The Labute approximate surface area is 228 Å². The molecule has 0 bridgehead atoms. The molecule has 1 aliphatic heterocycles. The molecule has 39 heavy (non-hydrogen) atoms. The molecule has 1 aliphatic rings. The first kappa shape index (κ1) is 26.1. The van der Waals surface area contributed by atoms with Crippen LogP contribution in [0.3, 0.4) is 0 Å². The Morgan fingerprint density at radius 2 is 1.59 bits per heavy atom. The Balaban J connectivity index is 1.49. The Kier molecular flexibility index (Phi) is 7.15. The molecule has 0 N–H and O–H groups in total. The number of amides is 1. The fourth-order valence-electron chi connectivity index (χ4n) is 5.32. The third-order valence-electron chi connectivity index (χ3n) is 7.40. The third kappa shape index (κ3) is 4.88. The van der Waals surface area contributed by atoms with Crippen molar-refractivity contribution >= 4 is 28.9 Å². The van der Waals surface area contributed by atoms with Gasteiger partial charge in [-0.25, -0.2) is 4.79 Å². The molecule has 4 aromatic rings. The van der Waals surface area contributed by atoms with Gasteiger partial charge in [0.15, 0.2) is 11.5 Å². The first-order valence-corrected chi connectivity index (χ1v) is 12.8. The van der Waals surface area contributed by atoms with Crippen LogP contribution in [-0.2, 0) is 29.5 Å². The molecule has 0 spiro atoms. The molecular weight excluding hydrogens is 492 g/mol. The number of fused-ring (bicyclic) bond motifs is 2. The molecule has 0 radical (unpaired) electrons. The fourth-order valence-corrected chi connectivity index (χ4v) is 5.32. The van der Waals surface area contributed by atoms with Gasteiger partial charge >= 0.3 is 5.97 Å². The van der Waals surface area contributed by atoms with Crippen LogP contribution in [0.4, 0.5) is 0 Å². The van der Waals surface area contributed by atoms with Gasteiger partial charge in [-0.3, -0.25) is 4.79 Å². The first-order chi connectivity index (χ1) is 18.8. The van der Waals surface area contributed by atoms with Crippen LogP contribution in [0, 0.1) is 6.92 Å². The number of methoxy groups -OCH3 is 3. The molecule has 0 fully saturated rings. The van der Waals surface area contributed by atoms with E-state index in [1.807, 2.05) is 42.3 Å². The Hall–Kier alpha value is -4.52. The lowest BCUT2D eigenvalue weighted by Crippen LogP contribution is -2.34.